The van der Waals surface area contributed by atoms with E-state index in [2.05, 4.69) is 55.6 Å². The molecule has 76 heavy (non-hydrogen) atoms. The van der Waals surface area contributed by atoms with Gasteiger partial charge in [-0.2, -0.15) is 0 Å². The Morgan fingerprint density at radius 1 is 0.474 bits per heavy atom. The molecule has 0 spiro atoms. The number of carbonyl (C=O) groups is 1. The molecule has 3 heterocycles. The number of allylic oxidation sites excluding steroid dienone is 6. The zero-order valence-corrected chi connectivity index (χ0v) is 46.0. The third-order valence-corrected chi connectivity index (χ3v) is 14.7. The lowest BCUT2D eigenvalue weighted by atomic mass is 9.96. The molecule has 0 aromatic heterocycles. The lowest BCUT2D eigenvalue weighted by molar-refractivity contribution is -0.379. The van der Waals surface area contributed by atoms with E-state index in [1.54, 1.807) is 0 Å². The van der Waals surface area contributed by atoms with Gasteiger partial charge in [0.25, 0.3) is 0 Å². The molecule has 3 saturated heterocycles. The van der Waals surface area contributed by atoms with Crippen LogP contribution in [0.25, 0.3) is 0 Å². The Morgan fingerprint density at radius 3 is 1.38 bits per heavy atom. The summed E-state index contributed by atoms with van der Waals surface area (Å²) in [5.74, 6) is -0.258. The van der Waals surface area contributed by atoms with Gasteiger partial charge < -0.3 is 89.9 Å². The van der Waals surface area contributed by atoms with E-state index in [1.807, 2.05) is 0 Å². The summed E-state index contributed by atoms with van der Waals surface area (Å²) >= 11 is 0. The van der Waals surface area contributed by atoms with Crippen LogP contribution in [0.4, 0.5) is 0 Å². The predicted molar refractivity (Wildman–Crippen MR) is 286 cm³/mol. The second kappa shape index (κ2) is 41.1. The van der Waals surface area contributed by atoms with Crippen molar-refractivity contribution in [3.63, 3.8) is 0 Å². The van der Waals surface area contributed by atoms with Crippen molar-refractivity contribution in [3.8, 4) is 0 Å². The maximum absolute atomic E-state index is 13.3. The first-order chi connectivity index (χ1) is 36.8. The number of hydrogen-bond donors (Lipinski definition) is 12. The van der Waals surface area contributed by atoms with Gasteiger partial charge >= 0.3 is 0 Å². The first kappa shape index (κ1) is 68.3. The van der Waals surface area contributed by atoms with Gasteiger partial charge in [-0.15, -0.1) is 0 Å². The van der Waals surface area contributed by atoms with E-state index in [0.717, 1.165) is 83.5 Å². The highest BCUT2D eigenvalue weighted by Gasteiger charge is 2.53. The molecule has 444 valence electrons. The van der Waals surface area contributed by atoms with Gasteiger partial charge in [-0.05, 0) is 51.4 Å². The van der Waals surface area contributed by atoms with Crippen molar-refractivity contribution in [1.82, 2.24) is 5.32 Å². The van der Waals surface area contributed by atoms with Gasteiger partial charge in [0.15, 0.2) is 18.9 Å². The predicted octanol–water partition coefficient (Wildman–Crippen LogP) is 4.54. The Morgan fingerprint density at radius 2 is 0.868 bits per heavy atom. The van der Waals surface area contributed by atoms with E-state index in [-0.39, 0.29) is 18.9 Å². The lowest BCUT2D eigenvalue weighted by Gasteiger charge is -2.48. The highest BCUT2D eigenvalue weighted by Crippen LogP contribution is 2.33. The van der Waals surface area contributed by atoms with Crippen LogP contribution >= 0.6 is 0 Å². The summed E-state index contributed by atoms with van der Waals surface area (Å²) in [4.78, 5) is 13.3. The molecular weight excluding hydrogens is 987 g/mol. The molecule has 1 amide bonds. The normalized spacial score (nSPS) is 31.2. The summed E-state index contributed by atoms with van der Waals surface area (Å²) < 4.78 is 34.2. The SMILES string of the molecule is CCCCC/C=C\C/C=C\C/C=C\CCCCCCCCC(=O)NC(COC1OC(CO)C(OC2OC(CO)C(OC3OC(CO)C(O)C(O)C3O)C(O)C2O)C(O)C1O)C(O)CCCCCCCCCCCCCC. The minimum atomic E-state index is -1.97. The lowest BCUT2D eigenvalue weighted by Crippen LogP contribution is -2.66. The van der Waals surface area contributed by atoms with Crippen LogP contribution in [0.2, 0.25) is 0 Å². The number of rotatable bonds is 42. The van der Waals surface area contributed by atoms with Crippen molar-refractivity contribution in [2.45, 2.75) is 291 Å². The molecule has 19 nitrogen and oxygen atoms in total. The minimum absolute atomic E-state index is 0.251. The van der Waals surface area contributed by atoms with Gasteiger partial charge in [0.05, 0.1) is 38.6 Å². The highest BCUT2D eigenvalue weighted by atomic mass is 16.8. The second-order valence-corrected chi connectivity index (χ2v) is 21.1. The molecule has 0 bridgehead atoms. The van der Waals surface area contributed by atoms with Crippen molar-refractivity contribution in [1.29, 1.82) is 0 Å². The fraction of sp³-hybridized carbons (Fsp3) is 0.877. The van der Waals surface area contributed by atoms with Crippen LogP contribution in [0.5, 0.6) is 0 Å². The van der Waals surface area contributed by atoms with Crippen LogP contribution in [-0.4, -0.2) is 193 Å². The van der Waals surface area contributed by atoms with Crippen LogP contribution in [0.15, 0.2) is 36.5 Å². The summed E-state index contributed by atoms with van der Waals surface area (Å²) in [6.07, 6.45) is 15.1. The molecule has 12 N–H and O–H groups in total. The van der Waals surface area contributed by atoms with E-state index in [0.29, 0.717) is 12.8 Å². The van der Waals surface area contributed by atoms with E-state index < -0.39 is 124 Å². The van der Waals surface area contributed by atoms with Crippen molar-refractivity contribution >= 4 is 5.91 Å². The van der Waals surface area contributed by atoms with Gasteiger partial charge in [-0.1, -0.05) is 166 Å². The topological polar surface area (TPSA) is 307 Å². The fourth-order valence-corrected chi connectivity index (χ4v) is 9.85. The number of aliphatic hydroxyl groups excluding tert-OH is 11. The molecule has 19 heteroatoms. The smallest absolute Gasteiger partial charge is 0.220 e. The van der Waals surface area contributed by atoms with Crippen molar-refractivity contribution < 1.29 is 89.4 Å². The number of carbonyl (C=O) groups excluding carboxylic acids is 1. The monoisotopic (exact) mass is 1090 g/mol. The van der Waals surface area contributed by atoms with E-state index in [9.17, 15) is 61.0 Å². The van der Waals surface area contributed by atoms with Crippen LogP contribution in [0.3, 0.4) is 0 Å². The van der Waals surface area contributed by atoms with Gasteiger partial charge in [-0.25, -0.2) is 0 Å². The third kappa shape index (κ3) is 25.2. The van der Waals surface area contributed by atoms with E-state index >= 15 is 0 Å². The number of unbranched alkanes of at least 4 members (excludes halogenated alkanes) is 20. The average molecular weight is 1090 g/mol. The van der Waals surface area contributed by atoms with Crippen LogP contribution in [-0.2, 0) is 33.2 Å². The average Bonchev–Trinajstić information content (AvgIpc) is 3.42. The second-order valence-electron chi connectivity index (χ2n) is 21.1. The van der Waals surface area contributed by atoms with Gasteiger partial charge in [0, 0.05) is 6.42 Å². The van der Waals surface area contributed by atoms with Gasteiger partial charge in [-0.3, -0.25) is 4.79 Å². The number of aliphatic hydroxyl groups is 11. The van der Waals surface area contributed by atoms with Crippen LogP contribution in [0.1, 0.15) is 187 Å². The van der Waals surface area contributed by atoms with Crippen molar-refractivity contribution in [2.75, 3.05) is 26.4 Å². The molecule has 0 radical (unpaired) electrons. The van der Waals surface area contributed by atoms with Gasteiger partial charge in [0.2, 0.25) is 5.91 Å². The van der Waals surface area contributed by atoms with Crippen molar-refractivity contribution in [2.24, 2.45) is 0 Å². The third-order valence-electron chi connectivity index (χ3n) is 14.7. The van der Waals surface area contributed by atoms with Crippen LogP contribution in [0, 0.1) is 0 Å². The van der Waals surface area contributed by atoms with Crippen molar-refractivity contribution in [3.05, 3.63) is 36.5 Å². The van der Waals surface area contributed by atoms with Gasteiger partial charge in [0.1, 0.15) is 73.2 Å². The molecule has 0 aromatic carbocycles. The summed E-state index contributed by atoms with van der Waals surface area (Å²) in [5, 5.41) is 120. The summed E-state index contributed by atoms with van der Waals surface area (Å²) in [6, 6.07) is -0.892. The Balaban J connectivity index is 1.50. The van der Waals surface area contributed by atoms with E-state index in [4.69, 9.17) is 28.4 Å². The molecule has 17 unspecified atom stereocenters. The molecule has 0 aromatic rings. The molecule has 3 rings (SSSR count). The maximum Gasteiger partial charge on any atom is 0.220 e. The molecule has 3 aliphatic heterocycles. The molecule has 0 saturated carbocycles. The zero-order chi connectivity index (χ0) is 55.5. The number of hydrogen-bond acceptors (Lipinski definition) is 18. The first-order valence-electron chi connectivity index (χ1n) is 29.2. The summed E-state index contributed by atoms with van der Waals surface area (Å²) in [6.45, 7) is 1.72. The standard InChI is InChI=1S/C57H103NO18/c1-3-5-7-9-11-13-15-17-18-19-20-21-22-23-25-27-29-31-33-35-45(63)58-40(41(62)34-32-30-28-26-24-16-14-12-10-8-6-4-2)39-71-55-51(69)48(66)53(43(37-60)73-55)76-57-52(70)49(67)54(44(38-61)74-57)75-56-50(68)47(65)46(64)42(36-59)72-56/h11,13,17-18,20-21,40-44,46-57,59-62,64-70H,3-10,12,14-16,19,22-39H2,1-2H3,(H,58,63)/b13-11-,18-17-,21-20-. The fourth-order valence-electron chi connectivity index (χ4n) is 9.85. The molecule has 3 fully saturated rings. The maximum atomic E-state index is 13.3. The van der Waals surface area contributed by atoms with Crippen LogP contribution < -0.4 is 5.32 Å². The molecule has 0 aliphatic carbocycles. The van der Waals surface area contributed by atoms with E-state index in [1.165, 1.54) is 70.6 Å². The summed E-state index contributed by atoms with van der Waals surface area (Å²) in [7, 11) is 0. The largest absolute Gasteiger partial charge is 0.394 e. The minimum Gasteiger partial charge on any atom is -0.394 e. The Hall–Kier alpha value is -1.99. The number of nitrogens with one attached hydrogen (secondary N) is 1. The Bertz CT molecular complexity index is 1540. The molecular formula is C57H103NO18. The number of amides is 1. The Labute approximate surface area is 453 Å². The molecule has 3 aliphatic rings. The quantitative estimate of drug-likeness (QED) is 0.0295. The number of ether oxygens (including phenoxy) is 6. The summed E-state index contributed by atoms with van der Waals surface area (Å²) in [5.41, 5.74) is 0. The Kier molecular flexibility index (Phi) is 36.9. The zero-order valence-electron chi connectivity index (χ0n) is 46.0. The highest BCUT2D eigenvalue weighted by molar-refractivity contribution is 5.76. The molecule has 17 atom stereocenters. The first-order valence-corrected chi connectivity index (χ1v) is 29.2.